The van der Waals surface area contributed by atoms with Crippen LogP contribution in [0.25, 0.3) is 22.2 Å². The van der Waals surface area contributed by atoms with E-state index in [1.807, 2.05) is 0 Å². The fourth-order valence-corrected chi connectivity index (χ4v) is 4.02. The maximum atomic E-state index is 13.0. The number of rotatable bonds is 14. The number of benzene rings is 1. The van der Waals surface area contributed by atoms with Gasteiger partial charge in [0.15, 0.2) is 11.2 Å². The number of aryl methyl sites for hydroxylation is 1. The molecular weight excluding hydrogens is 502 g/mol. The number of aliphatic hydroxyl groups is 5. The van der Waals surface area contributed by atoms with Crippen LogP contribution < -0.4 is 16.6 Å². The van der Waals surface area contributed by atoms with Crippen molar-refractivity contribution in [3.05, 3.63) is 38.5 Å². The van der Waals surface area contributed by atoms with Crippen LogP contribution in [0.5, 0.6) is 0 Å². The van der Waals surface area contributed by atoms with Crippen LogP contribution in [0.1, 0.15) is 37.7 Å². The molecule has 0 spiro atoms. The van der Waals surface area contributed by atoms with Crippen LogP contribution in [-0.4, -0.2) is 93.7 Å². The summed E-state index contributed by atoms with van der Waals surface area (Å²) in [7, 11) is 0. The molecule has 208 valence electrons. The number of aliphatic hydroxyl groups excluding tert-OH is 5. The van der Waals surface area contributed by atoms with Crippen molar-refractivity contribution in [2.45, 2.75) is 70.0 Å². The largest absolute Gasteiger partial charge is 0.481 e. The third kappa shape index (κ3) is 6.90. The van der Waals surface area contributed by atoms with Crippen LogP contribution in [0.15, 0.2) is 21.7 Å². The summed E-state index contributed by atoms with van der Waals surface area (Å²) in [6.07, 6.45) is -4.07. The summed E-state index contributed by atoms with van der Waals surface area (Å²) in [5, 5.41) is 59.9. The van der Waals surface area contributed by atoms with Gasteiger partial charge in [0.25, 0.3) is 5.56 Å². The van der Waals surface area contributed by atoms with Gasteiger partial charge in [0, 0.05) is 25.2 Å². The number of hydrogen-bond acceptors (Lipinski definition) is 11. The molecule has 38 heavy (non-hydrogen) atoms. The summed E-state index contributed by atoms with van der Waals surface area (Å²) in [4.78, 5) is 47.4. The Morgan fingerprint density at radius 1 is 1.00 bits per heavy atom. The smallest absolute Gasteiger partial charge is 0.330 e. The van der Waals surface area contributed by atoms with Gasteiger partial charge in [0.2, 0.25) is 0 Å². The summed E-state index contributed by atoms with van der Waals surface area (Å²) in [6.45, 7) is 0.922. The monoisotopic (exact) mass is 535 g/mol. The molecule has 14 nitrogen and oxygen atoms in total. The lowest BCUT2D eigenvalue weighted by atomic mass is 10.0. The molecule has 14 heteroatoms. The van der Waals surface area contributed by atoms with E-state index in [1.54, 1.807) is 19.1 Å². The molecule has 3 rings (SSSR count). The Kier molecular flexibility index (Phi) is 9.88. The number of aromatic nitrogens is 4. The van der Waals surface area contributed by atoms with E-state index in [4.69, 9.17) is 10.2 Å². The lowest BCUT2D eigenvalue weighted by Gasteiger charge is -2.26. The van der Waals surface area contributed by atoms with Gasteiger partial charge >= 0.3 is 11.7 Å². The molecule has 0 bridgehead atoms. The quantitative estimate of drug-likeness (QED) is 0.0901. The van der Waals surface area contributed by atoms with Gasteiger partial charge in [-0.1, -0.05) is 12.8 Å². The highest BCUT2D eigenvalue weighted by Gasteiger charge is 2.30. The summed E-state index contributed by atoms with van der Waals surface area (Å²) in [5.74, 6) is -0.859. The third-order valence-electron chi connectivity index (χ3n) is 6.28. The highest BCUT2D eigenvalue weighted by Crippen LogP contribution is 2.22. The Morgan fingerprint density at radius 3 is 2.34 bits per heavy atom. The van der Waals surface area contributed by atoms with Crippen molar-refractivity contribution in [2.24, 2.45) is 0 Å². The van der Waals surface area contributed by atoms with Crippen LogP contribution in [0.4, 0.5) is 5.69 Å². The maximum Gasteiger partial charge on any atom is 0.330 e. The molecule has 0 radical (unpaired) electrons. The number of carbonyl (C=O) groups is 1. The molecule has 0 aliphatic rings. The summed E-state index contributed by atoms with van der Waals surface area (Å²) < 4.78 is 1.05. The van der Waals surface area contributed by atoms with E-state index in [1.165, 1.54) is 0 Å². The molecule has 0 fully saturated rings. The summed E-state index contributed by atoms with van der Waals surface area (Å²) in [5.41, 5.74) is 0.726. The van der Waals surface area contributed by atoms with Crippen LogP contribution >= 0.6 is 0 Å². The summed E-state index contributed by atoms with van der Waals surface area (Å²) in [6, 6.07) is 3.25. The Morgan fingerprint density at radius 2 is 1.66 bits per heavy atom. The van der Waals surface area contributed by atoms with Crippen LogP contribution in [0.3, 0.4) is 0 Å². The van der Waals surface area contributed by atoms with Gasteiger partial charge in [-0.15, -0.1) is 0 Å². The number of hydrogen-bond donors (Lipinski definition) is 8. The van der Waals surface area contributed by atoms with Crippen LogP contribution in [0, 0.1) is 6.92 Å². The molecular formula is C24H33N5O9. The first kappa shape index (κ1) is 29.1. The molecule has 3 aromatic rings. The van der Waals surface area contributed by atoms with Gasteiger partial charge in [0.1, 0.15) is 18.3 Å². The average Bonchev–Trinajstić information content (AvgIpc) is 2.88. The predicted molar refractivity (Wildman–Crippen MR) is 137 cm³/mol. The number of carboxylic acids is 1. The van der Waals surface area contributed by atoms with Gasteiger partial charge in [-0.25, -0.2) is 14.8 Å². The average molecular weight is 536 g/mol. The molecule has 4 atom stereocenters. The van der Waals surface area contributed by atoms with Crippen molar-refractivity contribution in [1.82, 2.24) is 19.5 Å². The molecule has 0 saturated carbocycles. The van der Waals surface area contributed by atoms with E-state index >= 15 is 0 Å². The molecule has 8 N–H and O–H groups in total. The number of anilines is 1. The Labute approximate surface area is 216 Å². The number of aliphatic carboxylic acids is 1. The number of aromatic amines is 1. The molecule has 0 amide bonds. The number of H-pyrrole nitrogens is 1. The van der Waals surface area contributed by atoms with Crippen LogP contribution in [-0.2, 0) is 11.3 Å². The van der Waals surface area contributed by atoms with Gasteiger partial charge in [-0.05, 0) is 37.5 Å². The van der Waals surface area contributed by atoms with E-state index < -0.39 is 48.2 Å². The Hall–Kier alpha value is -3.43. The number of carboxylic acid groups (broad SMARTS) is 1. The van der Waals surface area contributed by atoms with E-state index in [0.29, 0.717) is 48.0 Å². The molecule has 0 aliphatic carbocycles. The predicted octanol–water partition coefficient (Wildman–Crippen LogP) is -1.18. The van der Waals surface area contributed by atoms with Crippen LogP contribution in [0.2, 0.25) is 0 Å². The van der Waals surface area contributed by atoms with Gasteiger partial charge < -0.3 is 36.0 Å². The lowest BCUT2D eigenvalue weighted by Crippen LogP contribution is -2.48. The number of fused-ring (bicyclic) bond motifs is 2. The highest BCUT2D eigenvalue weighted by molar-refractivity contribution is 5.87. The minimum atomic E-state index is -1.75. The van der Waals surface area contributed by atoms with E-state index in [0.717, 1.165) is 4.57 Å². The summed E-state index contributed by atoms with van der Waals surface area (Å²) >= 11 is 0. The second-order valence-corrected chi connectivity index (χ2v) is 9.20. The zero-order valence-electron chi connectivity index (χ0n) is 20.9. The van der Waals surface area contributed by atoms with Gasteiger partial charge in [-0.2, -0.15) is 0 Å². The molecule has 0 saturated heterocycles. The van der Waals surface area contributed by atoms with Crippen molar-refractivity contribution in [1.29, 1.82) is 0 Å². The SMILES string of the molecule is Cc1cc2nc3c(=O)n(CCCCCCC(=O)O)c(=O)[nH]c3nc2cc1NC[C@H](O)[C@@H](O)[C@H](O)[C@H](O)CO. The van der Waals surface area contributed by atoms with E-state index in [9.17, 15) is 34.8 Å². The van der Waals surface area contributed by atoms with Gasteiger partial charge in [-0.3, -0.25) is 19.1 Å². The van der Waals surface area contributed by atoms with Gasteiger partial charge in [0.05, 0.1) is 23.7 Å². The molecule has 2 heterocycles. The molecule has 2 aromatic heterocycles. The molecule has 0 aliphatic heterocycles. The topological polar surface area (TPSA) is 231 Å². The first-order valence-electron chi connectivity index (χ1n) is 12.3. The first-order chi connectivity index (χ1) is 18.0. The first-order valence-corrected chi connectivity index (χ1v) is 12.3. The second kappa shape index (κ2) is 12.9. The van der Waals surface area contributed by atoms with Crippen molar-refractivity contribution in [3.8, 4) is 0 Å². The Balaban J connectivity index is 1.78. The Bertz CT molecular complexity index is 1390. The zero-order valence-corrected chi connectivity index (χ0v) is 20.9. The fourth-order valence-electron chi connectivity index (χ4n) is 4.02. The number of unbranched alkanes of at least 4 members (excludes halogenated alkanes) is 3. The minimum Gasteiger partial charge on any atom is -0.481 e. The van der Waals surface area contributed by atoms with Crippen molar-refractivity contribution < 1.29 is 35.4 Å². The zero-order chi connectivity index (χ0) is 28.0. The maximum absolute atomic E-state index is 13.0. The molecule has 0 unspecified atom stereocenters. The van der Waals surface area contributed by atoms with E-state index in [-0.39, 0.29) is 30.7 Å². The minimum absolute atomic E-state index is 0.00180. The van der Waals surface area contributed by atoms with Crippen molar-refractivity contribution in [2.75, 3.05) is 18.5 Å². The van der Waals surface area contributed by atoms with E-state index in [2.05, 4.69) is 20.3 Å². The second-order valence-electron chi connectivity index (χ2n) is 9.20. The van der Waals surface area contributed by atoms with Crippen molar-refractivity contribution in [3.63, 3.8) is 0 Å². The fraction of sp³-hybridized carbons (Fsp3) is 0.542. The third-order valence-corrected chi connectivity index (χ3v) is 6.28. The highest BCUT2D eigenvalue weighted by atomic mass is 16.4. The lowest BCUT2D eigenvalue weighted by molar-refractivity contribution is -0.137. The standard InChI is InChI=1S/C24H33N5O9/c1-12-8-14-15(9-13(12)25-10-16(31)20(35)21(36)17(32)11-30)27-22-19(26-14)23(37)29(24(38)28-22)7-5-3-2-4-6-18(33)34/h8-9,16-17,20-21,25,30-32,35-36H,2-7,10-11H2,1H3,(H,33,34)(H,27,28,38)/t16-,17+,20+,21+/m0/s1. The number of nitrogens with zero attached hydrogens (tertiary/aromatic N) is 3. The molecule has 1 aromatic carbocycles. The number of nitrogens with one attached hydrogen (secondary N) is 2. The normalized spacial score (nSPS) is 14.9. The van der Waals surface area contributed by atoms with Crippen molar-refractivity contribution >= 4 is 33.9 Å².